The fourth-order valence-electron chi connectivity index (χ4n) is 3.52. The SMILES string of the molecule is CCCNC(=O)[C@H]1CC[C@H](c2cc(N)n3ncc(-c4cn[nH]c4)c3n2)CN1. The minimum Gasteiger partial charge on any atom is -0.384 e. The van der Waals surface area contributed by atoms with Gasteiger partial charge in [0, 0.05) is 42.4 Å². The number of anilines is 1. The van der Waals surface area contributed by atoms with E-state index in [1.165, 1.54) is 0 Å². The van der Waals surface area contributed by atoms with Crippen LogP contribution in [0.2, 0.25) is 0 Å². The molecule has 5 N–H and O–H groups in total. The zero-order valence-electron chi connectivity index (χ0n) is 15.3. The second kappa shape index (κ2) is 7.36. The highest BCUT2D eigenvalue weighted by molar-refractivity contribution is 5.81. The Morgan fingerprint density at radius 3 is 3.00 bits per heavy atom. The number of aromatic nitrogens is 5. The minimum absolute atomic E-state index is 0.0799. The third-order valence-electron chi connectivity index (χ3n) is 5.03. The molecule has 3 aromatic rings. The molecule has 9 nitrogen and oxygen atoms in total. The lowest BCUT2D eigenvalue weighted by atomic mass is 9.91. The van der Waals surface area contributed by atoms with E-state index in [4.69, 9.17) is 10.7 Å². The van der Waals surface area contributed by atoms with Crippen LogP contribution in [0.3, 0.4) is 0 Å². The molecule has 0 radical (unpaired) electrons. The zero-order valence-corrected chi connectivity index (χ0v) is 15.3. The fraction of sp³-hybridized carbons (Fsp3) is 0.444. The standard InChI is InChI=1S/C18H24N8O/c1-2-5-20-18(27)14-4-3-11(7-21-14)15-6-16(19)26-17(25-15)13(10-24-26)12-8-22-23-9-12/h6,8-11,14,21H,2-5,7,19H2,1H3,(H,20,27)(H,22,23)/t11-,14+/m0/s1. The van der Waals surface area contributed by atoms with E-state index in [-0.39, 0.29) is 17.9 Å². The molecule has 0 bridgehead atoms. The van der Waals surface area contributed by atoms with E-state index in [2.05, 4.69) is 25.9 Å². The first-order valence-corrected chi connectivity index (χ1v) is 9.31. The molecule has 1 saturated heterocycles. The largest absolute Gasteiger partial charge is 0.384 e. The van der Waals surface area contributed by atoms with Gasteiger partial charge >= 0.3 is 0 Å². The summed E-state index contributed by atoms with van der Waals surface area (Å²) in [5, 5.41) is 17.5. The Bertz CT molecular complexity index is 924. The lowest BCUT2D eigenvalue weighted by Crippen LogP contribution is -2.48. The summed E-state index contributed by atoms with van der Waals surface area (Å²) < 4.78 is 1.64. The number of carbonyl (C=O) groups is 1. The van der Waals surface area contributed by atoms with Gasteiger partial charge in [0.15, 0.2) is 5.65 Å². The van der Waals surface area contributed by atoms with Crippen molar-refractivity contribution in [3.05, 3.63) is 30.4 Å². The van der Waals surface area contributed by atoms with Gasteiger partial charge in [-0.2, -0.15) is 14.7 Å². The van der Waals surface area contributed by atoms with Crippen LogP contribution >= 0.6 is 0 Å². The molecule has 9 heteroatoms. The number of rotatable bonds is 5. The van der Waals surface area contributed by atoms with Crippen LogP contribution in [-0.4, -0.2) is 49.8 Å². The molecule has 4 rings (SSSR count). The molecule has 0 unspecified atom stereocenters. The molecule has 4 heterocycles. The van der Waals surface area contributed by atoms with Crippen molar-refractivity contribution in [3.63, 3.8) is 0 Å². The van der Waals surface area contributed by atoms with Crippen LogP contribution < -0.4 is 16.4 Å². The van der Waals surface area contributed by atoms with Crippen molar-refractivity contribution in [2.24, 2.45) is 0 Å². The second-order valence-corrected chi connectivity index (χ2v) is 6.91. The van der Waals surface area contributed by atoms with Crippen molar-refractivity contribution in [1.82, 2.24) is 35.4 Å². The smallest absolute Gasteiger partial charge is 0.237 e. The number of carbonyl (C=O) groups excluding carboxylic acids is 1. The van der Waals surface area contributed by atoms with Crippen molar-refractivity contribution in [3.8, 4) is 11.1 Å². The Labute approximate surface area is 156 Å². The van der Waals surface area contributed by atoms with E-state index in [9.17, 15) is 4.79 Å². The van der Waals surface area contributed by atoms with Crippen LogP contribution in [-0.2, 0) is 4.79 Å². The van der Waals surface area contributed by atoms with Crippen molar-refractivity contribution in [1.29, 1.82) is 0 Å². The van der Waals surface area contributed by atoms with Gasteiger partial charge in [-0.3, -0.25) is 9.89 Å². The summed E-state index contributed by atoms with van der Waals surface area (Å²) in [4.78, 5) is 17.0. The Hall–Kier alpha value is -2.94. The van der Waals surface area contributed by atoms with Gasteiger partial charge in [-0.15, -0.1) is 0 Å². The Morgan fingerprint density at radius 1 is 1.41 bits per heavy atom. The van der Waals surface area contributed by atoms with Gasteiger partial charge in [-0.05, 0) is 19.3 Å². The summed E-state index contributed by atoms with van der Waals surface area (Å²) in [7, 11) is 0. The summed E-state index contributed by atoms with van der Waals surface area (Å²) in [6.07, 6.45) is 7.90. The average molecular weight is 368 g/mol. The molecule has 0 spiro atoms. The number of hydrogen-bond donors (Lipinski definition) is 4. The maximum Gasteiger partial charge on any atom is 0.237 e. The summed E-state index contributed by atoms with van der Waals surface area (Å²) >= 11 is 0. The van der Waals surface area contributed by atoms with Gasteiger partial charge < -0.3 is 16.4 Å². The molecule has 0 aliphatic carbocycles. The predicted molar refractivity (Wildman–Crippen MR) is 102 cm³/mol. The zero-order chi connectivity index (χ0) is 18.8. The first-order valence-electron chi connectivity index (χ1n) is 9.31. The monoisotopic (exact) mass is 368 g/mol. The van der Waals surface area contributed by atoms with Gasteiger partial charge in [-0.25, -0.2) is 4.98 Å². The average Bonchev–Trinajstić information content (AvgIpc) is 3.35. The number of hydrogen-bond acceptors (Lipinski definition) is 6. The van der Waals surface area contributed by atoms with E-state index in [1.807, 2.05) is 19.2 Å². The first-order chi connectivity index (χ1) is 13.2. The summed E-state index contributed by atoms with van der Waals surface area (Å²) in [6, 6.07) is 1.74. The number of fused-ring (bicyclic) bond motifs is 1. The predicted octanol–water partition coefficient (Wildman–Crippen LogP) is 1.06. The van der Waals surface area contributed by atoms with Crippen LogP contribution in [0, 0.1) is 0 Å². The van der Waals surface area contributed by atoms with Crippen molar-refractivity contribution in [2.75, 3.05) is 18.8 Å². The van der Waals surface area contributed by atoms with Crippen LogP contribution in [0.25, 0.3) is 16.8 Å². The highest BCUT2D eigenvalue weighted by Crippen LogP contribution is 2.29. The van der Waals surface area contributed by atoms with Gasteiger partial charge in [-0.1, -0.05) is 6.92 Å². The Balaban J connectivity index is 1.55. The molecule has 3 aromatic heterocycles. The summed E-state index contributed by atoms with van der Waals surface area (Å²) in [5.74, 6) is 0.837. The summed E-state index contributed by atoms with van der Waals surface area (Å²) in [6.45, 7) is 3.46. The number of nitrogens with two attached hydrogens (primary N) is 1. The Kier molecular flexibility index (Phi) is 4.76. The van der Waals surface area contributed by atoms with Crippen LogP contribution in [0.5, 0.6) is 0 Å². The third kappa shape index (κ3) is 3.37. The number of nitrogens with zero attached hydrogens (tertiary/aromatic N) is 4. The number of aromatic amines is 1. The lowest BCUT2D eigenvalue weighted by Gasteiger charge is -2.29. The minimum atomic E-state index is -0.134. The topological polar surface area (TPSA) is 126 Å². The van der Waals surface area contributed by atoms with Gasteiger partial charge in [0.05, 0.1) is 24.1 Å². The van der Waals surface area contributed by atoms with Crippen molar-refractivity contribution < 1.29 is 4.79 Å². The lowest BCUT2D eigenvalue weighted by molar-refractivity contribution is -0.123. The molecular weight excluding hydrogens is 344 g/mol. The maximum atomic E-state index is 12.1. The number of piperidine rings is 1. The van der Waals surface area contributed by atoms with Crippen molar-refractivity contribution >= 4 is 17.4 Å². The molecule has 0 saturated carbocycles. The number of H-pyrrole nitrogens is 1. The second-order valence-electron chi connectivity index (χ2n) is 6.91. The maximum absolute atomic E-state index is 12.1. The number of nitrogens with one attached hydrogen (secondary N) is 3. The van der Waals surface area contributed by atoms with E-state index in [0.29, 0.717) is 24.6 Å². The number of amides is 1. The third-order valence-corrected chi connectivity index (χ3v) is 5.03. The molecule has 1 aliphatic rings. The molecular formula is C18H24N8O. The molecule has 0 aromatic carbocycles. The molecule has 142 valence electrons. The van der Waals surface area contributed by atoms with Crippen LogP contribution in [0.15, 0.2) is 24.7 Å². The molecule has 1 fully saturated rings. The Morgan fingerprint density at radius 2 is 2.30 bits per heavy atom. The van der Waals surface area contributed by atoms with E-state index in [1.54, 1.807) is 16.9 Å². The summed E-state index contributed by atoms with van der Waals surface area (Å²) in [5.41, 5.74) is 9.66. The number of nitrogen functional groups attached to an aromatic ring is 1. The molecule has 2 atom stereocenters. The van der Waals surface area contributed by atoms with Gasteiger partial charge in [0.25, 0.3) is 0 Å². The highest BCUT2D eigenvalue weighted by Gasteiger charge is 2.27. The molecule has 27 heavy (non-hydrogen) atoms. The fourth-order valence-corrected chi connectivity index (χ4v) is 3.52. The molecule has 1 amide bonds. The van der Waals surface area contributed by atoms with E-state index >= 15 is 0 Å². The van der Waals surface area contributed by atoms with E-state index in [0.717, 1.165) is 36.1 Å². The highest BCUT2D eigenvalue weighted by atomic mass is 16.2. The quantitative estimate of drug-likeness (QED) is 0.533. The van der Waals surface area contributed by atoms with E-state index < -0.39 is 0 Å². The van der Waals surface area contributed by atoms with Gasteiger partial charge in [0.2, 0.25) is 5.91 Å². The van der Waals surface area contributed by atoms with Gasteiger partial charge in [0.1, 0.15) is 5.82 Å². The molecule has 1 aliphatic heterocycles. The van der Waals surface area contributed by atoms with Crippen LogP contribution in [0.4, 0.5) is 5.82 Å². The van der Waals surface area contributed by atoms with Crippen LogP contribution in [0.1, 0.15) is 37.8 Å². The first kappa shape index (κ1) is 17.5. The normalized spacial score (nSPS) is 20.0. The van der Waals surface area contributed by atoms with Crippen molar-refractivity contribution in [2.45, 2.75) is 38.1 Å².